The van der Waals surface area contributed by atoms with Gasteiger partial charge in [0.25, 0.3) is 5.91 Å². The maximum atomic E-state index is 12.0. The highest BCUT2D eigenvalue weighted by molar-refractivity contribution is 6.35. The Labute approximate surface area is 142 Å². The number of amides is 1. The van der Waals surface area contributed by atoms with E-state index < -0.39 is 18.0 Å². The third-order valence-electron chi connectivity index (χ3n) is 2.89. The van der Waals surface area contributed by atoms with Crippen LogP contribution < -0.4 is 5.32 Å². The molecule has 0 saturated carbocycles. The van der Waals surface area contributed by atoms with Crippen molar-refractivity contribution in [1.82, 2.24) is 0 Å². The minimum absolute atomic E-state index is 0.0326. The average molecular weight is 354 g/mol. The summed E-state index contributed by atoms with van der Waals surface area (Å²) in [4.78, 5) is 23.9. The SMILES string of the molecule is C[C@H](OC(=O)c1ccc(O)cc1)C(=O)Nc1cc(Cl)cc(Cl)c1. The van der Waals surface area contributed by atoms with Crippen LogP contribution in [0.4, 0.5) is 5.69 Å². The molecule has 120 valence electrons. The van der Waals surface area contributed by atoms with E-state index in [1.54, 1.807) is 0 Å². The Bertz CT molecular complexity index is 711. The summed E-state index contributed by atoms with van der Waals surface area (Å²) in [6.45, 7) is 1.44. The average Bonchev–Trinajstić information content (AvgIpc) is 2.46. The molecule has 2 rings (SSSR count). The quantitative estimate of drug-likeness (QED) is 0.817. The van der Waals surface area contributed by atoms with Gasteiger partial charge in [0, 0.05) is 15.7 Å². The number of benzene rings is 2. The lowest BCUT2D eigenvalue weighted by Gasteiger charge is -2.14. The fourth-order valence-electron chi connectivity index (χ4n) is 1.75. The van der Waals surface area contributed by atoms with Crippen LogP contribution in [0.2, 0.25) is 10.0 Å². The molecule has 1 atom stereocenters. The Morgan fingerprint density at radius 1 is 1.09 bits per heavy atom. The fraction of sp³-hybridized carbons (Fsp3) is 0.125. The first-order valence-corrected chi connectivity index (χ1v) is 7.38. The zero-order valence-electron chi connectivity index (χ0n) is 12.0. The smallest absolute Gasteiger partial charge is 0.338 e. The molecule has 0 bridgehead atoms. The highest BCUT2D eigenvalue weighted by atomic mass is 35.5. The molecule has 0 aliphatic heterocycles. The first-order chi connectivity index (χ1) is 10.8. The van der Waals surface area contributed by atoms with Crippen molar-refractivity contribution in [1.29, 1.82) is 0 Å². The van der Waals surface area contributed by atoms with Gasteiger partial charge in [0.2, 0.25) is 0 Å². The molecule has 0 heterocycles. The molecule has 0 aliphatic rings. The van der Waals surface area contributed by atoms with Crippen molar-refractivity contribution >= 4 is 40.8 Å². The number of rotatable bonds is 4. The van der Waals surface area contributed by atoms with E-state index in [4.69, 9.17) is 27.9 Å². The Morgan fingerprint density at radius 2 is 1.65 bits per heavy atom. The molecular weight excluding hydrogens is 341 g/mol. The lowest BCUT2D eigenvalue weighted by Crippen LogP contribution is -2.30. The summed E-state index contributed by atoms with van der Waals surface area (Å²) in [5.74, 6) is -1.16. The summed E-state index contributed by atoms with van der Waals surface area (Å²) in [5.41, 5.74) is 0.633. The molecule has 0 aliphatic carbocycles. The number of ether oxygens (including phenoxy) is 1. The topological polar surface area (TPSA) is 75.6 Å². The summed E-state index contributed by atoms with van der Waals surface area (Å²) in [7, 11) is 0. The molecule has 23 heavy (non-hydrogen) atoms. The largest absolute Gasteiger partial charge is 0.508 e. The van der Waals surface area contributed by atoms with Crippen LogP contribution in [0.3, 0.4) is 0 Å². The predicted molar refractivity (Wildman–Crippen MR) is 88.1 cm³/mol. The van der Waals surface area contributed by atoms with Crippen molar-refractivity contribution in [3.8, 4) is 5.75 Å². The van der Waals surface area contributed by atoms with Gasteiger partial charge in [-0.25, -0.2) is 4.79 Å². The Balaban J connectivity index is 1.99. The third kappa shape index (κ3) is 4.87. The third-order valence-corrected chi connectivity index (χ3v) is 3.32. The van der Waals surface area contributed by atoms with E-state index in [9.17, 15) is 14.7 Å². The molecule has 5 nitrogen and oxygen atoms in total. The Morgan fingerprint density at radius 3 is 2.22 bits per heavy atom. The summed E-state index contributed by atoms with van der Waals surface area (Å²) in [6.07, 6.45) is -1.02. The van der Waals surface area contributed by atoms with Crippen molar-refractivity contribution in [2.24, 2.45) is 0 Å². The zero-order chi connectivity index (χ0) is 17.0. The second kappa shape index (κ2) is 7.35. The van der Waals surface area contributed by atoms with Crippen molar-refractivity contribution in [2.45, 2.75) is 13.0 Å². The second-order valence-corrected chi connectivity index (χ2v) is 5.61. The number of anilines is 1. The number of carbonyl (C=O) groups excluding carboxylic acids is 2. The fourth-order valence-corrected chi connectivity index (χ4v) is 2.28. The molecule has 0 aromatic heterocycles. The molecule has 2 aromatic rings. The Kier molecular flexibility index (Phi) is 5.47. The number of hydrogen-bond acceptors (Lipinski definition) is 4. The number of aromatic hydroxyl groups is 1. The van der Waals surface area contributed by atoms with E-state index in [0.717, 1.165) is 0 Å². The molecule has 0 fully saturated rings. The lowest BCUT2D eigenvalue weighted by atomic mass is 10.2. The van der Waals surface area contributed by atoms with Gasteiger partial charge in [-0.1, -0.05) is 23.2 Å². The van der Waals surface area contributed by atoms with Gasteiger partial charge in [-0.3, -0.25) is 4.79 Å². The van der Waals surface area contributed by atoms with Gasteiger partial charge >= 0.3 is 5.97 Å². The molecule has 2 N–H and O–H groups in total. The van der Waals surface area contributed by atoms with Crippen LogP contribution in [0.5, 0.6) is 5.75 Å². The minimum Gasteiger partial charge on any atom is -0.508 e. The summed E-state index contributed by atoms with van der Waals surface area (Å²) < 4.78 is 5.07. The van der Waals surface area contributed by atoms with Crippen LogP contribution >= 0.6 is 23.2 Å². The van der Waals surface area contributed by atoms with Gasteiger partial charge in [0.1, 0.15) is 5.75 Å². The van der Waals surface area contributed by atoms with Crippen LogP contribution in [-0.4, -0.2) is 23.1 Å². The van der Waals surface area contributed by atoms with Crippen LogP contribution in [0.25, 0.3) is 0 Å². The van der Waals surface area contributed by atoms with E-state index in [2.05, 4.69) is 5.32 Å². The summed E-state index contributed by atoms with van der Waals surface area (Å²) in [6, 6.07) is 10.1. The molecule has 0 unspecified atom stereocenters. The summed E-state index contributed by atoms with van der Waals surface area (Å²) in [5, 5.41) is 12.5. The monoisotopic (exact) mass is 353 g/mol. The van der Waals surface area contributed by atoms with Crippen LogP contribution in [-0.2, 0) is 9.53 Å². The van der Waals surface area contributed by atoms with Crippen LogP contribution in [0.15, 0.2) is 42.5 Å². The van der Waals surface area contributed by atoms with Crippen molar-refractivity contribution in [3.63, 3.8) is 0 Å². The van der Waals surface area contributed by atoms with E-state index in [1.165, 1.54) is 49.4 Å². The first-order valence-electron chi connectivity index (χ1n) is 6.62. The van der Waals surface area contributed by atoms with Crippen LogP contribution in [0, 0.1) is 0 Å². The van der Waals surface area contributed by atoms with E-state index >= 15 is 0 Å². The van der Waals surface area contributed by atoms with Gasteiger partial charge in [-0.05, 0) is 49.4 Å². The van der Waals surface area contributed by atoms with Gasteiger partial charge in [0.15, 0.2) is 6.10 Å². The number of hydrogen-bond donors (Lipinski definition) is 2. The highest BCUT2D eigenvalue weighted by Crippen LogP contribution is 2.22. The number of halogens is 2. The zero-order valence-corrected chi connectivity index (χ0v) is 13.6. The predicted octanol–water partition coefficient (Wildman–Crippen LogP) is 3.88. The van der Waals surface area contributed by atoms with Gasteiger partial charge in [-0.2, -0.15) is 0 Å². The molecular formula is C16H13Cl2NO4. The summed E-state index contributed by atoms with van der Waals surface area (Å²) >= 11 is 11.7. The van der Waals surface area contributed by atoms with Gasteiger partial charge in [-0.15, -0.1) is 0 Å². The molecule has 1 amide bonds. The first kappa shape index (κ1) is 17.1. The van der Waals surface area contributed by atoms with Crippen molar-refractivity contribution in [3.05, 3.63) is 58.1 Å². The Hall–Kier alpha value is -2.24. The van der Waals surface area contributed by atoms with Gasteiger partial charge in [0.05, 0.1) is 5.56 Å². The van der Waals surface area contributed by atoms with E-state index in [1.807, 2.05) is 0 Å². The molecule has 0 spiro atoms. The van der Waals surface area contributed by atoms with Gasteiger partial charge < -0.3 is 15.2 Å². The maximum absolute atomic E-state index is 12.0. The maximum Gasteiger partial charge on any atom is 0.338 e. The number of phenols is 1. The van der Waals surface area contributed by atoms with Crippen LogP contribution in [0.1, 0.15) is 17.3 Å². The normalized spacial score (nSPS) is 11.6. The van der Waals surface area contributed by atoms with Crippen molar-refractivity contribution in [2.75, 3.05) is 5.32 Å². The number of phenolic OH excluding ortho intramolecular Hbond substituents is 1. The minimum atomic E-state index is -1.02. The highest BCUT2D eigenvalue weighted by Gasteiger charge is 2.19. The molecule has 0 radical (unpaired) electrons. The van der Waals surface area contributed by atoms with E-state index in [-0.39, 0.29) is 11.3 Å². The molecule has 2 aromatic carbocycles. The number of esters is 1. The van der Waals surface area contributed by atoms with E-state index in [0.29, 0.717) is 15.7 Å². The molecule has 0 saturated heterocycles. The number of nitrogens with one attached hydrogen (secondary N) is 1. The second-order valence-electron chi connectivity index (χ2n) is 4.74. The molecule has 7 heteroatoms. The number of carbonyl (C=O) groups is 2. The standard InChI is InChI=1S/C16H13Cl2NO4/c1-9(23-16(22)10-2-4-14(20)5-3-10)15(21)19-13-7-11(17)6-12(18)8-13/h2-9,20H,1H3,(H,19,21)/t9-/m0/s1. The lowest BCUT2D eigenvalue weighted by molar-refractivity contribution is -0.123. The van der Waals surface area contributed by atoms with Crippen molar-refractivity contribution < 1.29 is 19.4 Å².